The molecular formula is C49H58N8O4. The number of nitrogens with zero attached hydrogens (tertiary/aromatic N) is 1. The summed E-state index contributed by atoms with van der Waals surface area (Å²) in [6, 6.07) is 32.8. The Morgan fingerprint density at radius 1 is 0.590 bits per heavy atom. The quantitative estimate of drug-likeness (QED) is 0.0692. The van der Waals surface area contributed by atoms with Gasteiger partial charge in [-0.3, -0.25) is 19.2 Å². The molecule has 12 nitrogen and oxygen atoms in total. The minimum absolute atomic E-state index is 0.170. The van der Waals surface area contributed by atoms with E-state index in [9.17, 15) is 19.2 Å². The van der Waals surface area contributed by atoms with Crippen LogP contribution in [0.25, 0.3) is 21.8 Å². The fourth-order valence-electron chi connectivity index (χ4n) is 8.15. The second-order valence-electron chi connectivity index (χ2n) is 16.5. The van der Waals surface area contributed by atoms with Gasteiger partial charge in [0.05, 0.1) is 0 Å². The summed E-state index contributed by atoms with van der Waals surface area (Å²) >= 11 is 0. The second kappa shape index (κ2) is 20.8. The first kappa shape index (κ1) is 42.9. The summed E-state index contributed by atoms with van der Waals surface area (Å²) in [5, 5.41) is 17.4. The zero-order valence-corrected chi connectivity index (χ0v) is 35.1. The van der Waals surface area contributed by atoms with Crippen molar-refractivity contribution >= 4 is 45.4 Å². The van der Waals surface area contributed by atoms with E-state index >= 15 is 0 Å². The molecule has 0 radical (unpaired) electrons. The van der Waals surface area contributed by atoms with Gasteiger partial charge in [0.15, 0.2) is 0 Å². The molecule has 0 aliphatic carbocycles. The van der Waals surface area contributed by atoms with Crippen LogP contribution < -0.4 is 26.6 Å². The molecule has 8 rings (SSSR count). The lowest BCUT2D eigenvalue weighted by Gasteiger charge is -2.34. The van der Waals surface area contributed by atoms with Gasteiger partial charge in [-0.25, -0.2) is 0 Å². The Morgan fingerprint density at radius 3 is 1.48 bits per heavy atom. The molecule has 4 amide bonds. The second-order valence-corrected chi connectivity index (χ2v) is 16.5. The molecule has 6 aromatic rings. The van der Waals surface area contributed by atoms with Crippen LogP contribution in [0.2, 0.25) is 0 Å². The molecule has 4 heterocycles. The van der Waals surface area contributed by atoms with Gasteiger partial charge in [-0.1, -0.05) is 72.8 Å². The first-order chi connectivity index (χ1) is 29.7. The molecule has 2 aromatic heterocycles. The van der Waals surface area contributed by atoms with Crippen molar-refractivity contribution in [3.63, 3.8) is 0 Å². The molecule has 0 bridgehead atoms. The Labute approximate surface area is 357 Å². The minimum Gasteiger partial charge on any atom is -0.361 e. The number of likely N-dealkylation sites (tertiary alicyclic amines) is 1. The minimum atomic E-state index is -0.737. The molecule has 61 heavy (non-hydrogen) atoms. The normalized spacial score (nSPS) is 16.0. The standard InChI is InChI=1S/C26H32N4O2.C23H26N4O2/c1-18(2)30-14-11-19(12-15-30)17-28-26(32)24(21-6-4-3-5-7-21)29-25(31)22-9-8-20-10-13-27-23(20)16-22;28-22(19-7-6-17-10-13-25-20(17)14-19)27-21(18-4-2-1-3-5-18)23(29)26-15-16-8-11-24-12-9-16/h3-10,13,16,18-19,24,27H,11-12,14-15,17H2,1-2H3,(H,28,32)(H,29,31);1-7,10,13-14,16,21,24-25H,8-9,11-12,15H2,(H,26,29)(H,27,28)/t24-;21-/m11/s1. The number of rotatable bonds is 13. The molecule has 0 unspecified atom stereocenters. The molecule has 12 heteroatoms. The van der Waals surface area contributed by atoms with Gasteiger partial charge >= 0.3 is 0 Å². The van der Waals surface area contributed by atoms with Gasteiger partial charge in [0.25, 0.3) is 11.8 Å². The number of piperidine rings is 2. The maximum atomic E-state index is 13.2. The Kier molecular flexibility index (Phi) is 14.6. The van der Waals surface area contributed by atoms with Crippen molar-refractivity contribution in [2.45, 2.75) is 57.7 Å². The molecule has 2 aliphatic heterocycles. The lowest BCUT2D eigenvalue weighted by atomic mass is 9.95. The summed E-state index contributed by atoms with van der Waals surface area (Å²) in [4.78, 5) is 60.7. The van der Waals surface area contributed by atoms with E-state index in [4.69, 9.17) is 0 Å². The van der Waals surface area contributed by atoms with Crippen LogP contribution in [0.5, 0.6) is 0 Å². The van der Waals surface area contributed by atoms with Gasteiger partial charge in [-0.15, -0.1) is 0 Å². The summed E-state index contributed by atoms with van der Waals surface area (Å²) in [6.45, 7) is 9.83. The maximum Gasteiger partial charge on any atom is 0.252 e. The number of benzene rings is 4. The molecule has 4 aromatic carbocycles. The summed E-state index contributed by atoms with van der Waals surface area (Å²) in [5.41, 5.74) is 4.37. The zero-order valence-electron chi connectivity index (χ0n) is 35.1. The van der Waals surface area contributed by atoms with Crippen LogP contribution in [-0.2, 0) is 9.59 Å². The monoisotopic (exact) mass is 822 g/mol. The number of hydrogen-bond acceptors (Lipinski definition) is 6. The highest BCUT2D eigenvalue weighted by Crippen LogP contribution is 2.22. The van der Waals surface area contributed by atoms with Crippen molar-refractivity contribution in [1.29, 1.82) is 0 Å². The molecule has 0 spiro atoms. The Morgan fingerprint density at radius 2 is 1.03 bits per heavy atom. The lowest BCUT2D eigenvalue weighted by molar-refractivity contribution is -0.124. The van der Waals surface area contributed by atoms with E-state index in [1.807, 2.05) is 103 Å². The van der Waals surface area contributed by atoms with Gasteiger partial charge in [0.1, 0.15) is 12.1 Å². The molecule has 2 fully saturated rings. The molecule has 318 valence electrons. The third kappa shape index (κ3) is 11.5. The first-order valence-corrected chi connectivity index (χ1v) is 21.6. The zero-order chi connectivity index (χ0) is 42.6. The van der Waals surface area contributed by atoms with Crippen LogP contribution in [0.15, 0.2) is 122 Å². The van der Waals surface area contributed by atoms with Gasteiger partial charge < -0.3 is 41.5 Å². The molecule has 7 N–H and O–H groups in total. The Bertz CT molecular complexity index is 2360. The predicted molar refractivity (Wildman–Crippen MR) is 241 cm³/mol. The number of fused-ring (bicyclic) bond motifs is 2. The lowest BCUT2D eigenvalue weighted by Crippen LogP contribution is -2.44. The maximum absolute atomic E-state index is 13.2. The first-order valence-electron chi connectivity index (χ1n) is 21.6. The van der Waals surface area contributed by atoms with Crippen LogP contribution in [-0.4, -0.2) is 83.8 Å². The molecule has 2 aliphatic rings. The van der Waals surface area contributed by atoms with Crippen molar-refractivity contribution in [3.8, 4) is 0 Å². The number of nitrogens with one attached hydrogen (secondary N) is 7. The smallest absolute Gasteiger partial charge is 0.252 e. The number of hydrogen-bond donors (Lipinski definition) is 7. The van der Waals surface area contributed by atoms with Crippen molar-refractivity contribution < 1.29 is 19.2 Å². The third-order valence-electron chi connectivity index (χ3n) is 11.9. The van der Waals surface area contributed by atoms with Crippen molar-refractivity contribution in [3.05, 3.63) is 144 Å². The largest absolute Gasteiger partial charge is 0.361 e. The average Bonchev–Trinajstić information content (AvgIpc) is 3.99. The molecule has 0 saturated carbocycles. The van der Waals surface area contributed by atoms with E-state index in [2.05, 4.69) is 55.3 Å². The Hall–Kier alpha value is -6.24. The van der Waals surface area contributed by atoms with Crippen molar-refractivity contribution in [2.75, 3.05) is 39.3 Å². The van der Waals surface area contributed by atoms with Gasteiger partial charge in [-0.05, 0) is 136 Å². The summed E-state index contributed by atoms with van der Waals surface area (Å²) < 4.78 is 0. The SMILES string of the molecule is CC(C)N1CCC(CNC(=O)[C@H](NC(=O)c2ccc3cc[nH]c3c2)c2ccccc2)CC1.O=C(N[C@@H](C(=O)NCC1CCNCC1)c1ccccc1)c1ccc2cc[nH]c2c1. The fraction of sp³-hybridized carbons (Fsp3) is 0.347. The van der Waals surface area contributed by atoms with E-state index in [1.54, 1.807) is 18.2 Å². The third-order valence-corrected chi connectivity index (χ3v) is 11.9. The van der Waals surface area contributed by atoms with Gasteiger partial charge in [0, 0.05) is 53.7 Å². The van der Waals surface area contributed by atoms with E-state index in [0.29, 0.717) is 42.1 Å². The number of aromatic nitrogens is 2. The number of carbonyl (C=O) groups is 4. The van der Waals surface area contributed by atoms with Crippen molar-refractivity contribution in [1.82, 2.24) is 41.5 Å². The summed E-state index contributed by atoms with van der Waals surface area (Å²) in [6.07, 6.45) is 7.96. The average molecular weight is 823 g/mol. The molecule has 2 atom stereocenters. The highest BCUT2D eigenvalue weighted by molar-refractivity contribution is 6.01. The van der Waals surface area contributed by atoms with Crippen LogP contribution in [0.3, 0.4) is 0 Å². The number of H-pyrrole nitrogens is 2. The van der Waals surface area contributed by atoms with E-state index in [-0.39, 0.29) is 23.6 Å². The van der Waals surface area contributed by atoms with Crippen LogP contribution >= 0.6 is 0 Å². The highest BCUT2D eigenvalue weighted by atomic mass is 16.2. The van der Waals surface area contributed by atoms with E-state index in [0.717, 1.165) is 84.8 Å². The van der Waals surface area contributed by atoms with Crippen LogP contribution in [0.1, 0.15) is 83.5 Å². The van der Waals surface area contributed by atoms with E-state index in [1.165, 1.54) is 0 Å². The van der Waals surface area contributed by atoms with Crippen LogP contribution in [0.4, 0.5) is 0 Å². The summed E-state index contributed by atoms with van der Waals surface area (Å²) in [7, 11) is 0. The predicted octanol–water partition coefficient (Wildman–Crippen LogP) is 6.63. The van der Waals surface area contributed by atoms with E-state index < -0.39 is 12.1 Å². The fourth-order valence-corrected chi connectivity index (χ4v) is 8.15. The summed E-state index contributed by atoms with van der Waals surface area (Å²) in [5.74, 6) is 0.0582. The highest BCUT2D eigenvalue weighted by Gasteiger charge is 2.27. The number of aromatic amines is 2. The van der Waals surface area contributed by atoms with Gasteiger partial charge in [-0.2, -0.15) is 0 Å². The number of carbonyl (C=O) groups excluding carboxylic acids is 4. The Balaban J connectivity index is 0.000000185. The molecular weight excluding hydrogens is 765 g/mol. The molecule has 2 saturated heterocycles. The van der Waals surface area contributed by atoms with Gasteiger partial charge in [0.2, 0.25) is 11.8 Å². The van der Waals surface area contributed by atoms with Crippen LogP contribution in [0, 0.1) is 11.8 Å². The topological polar surface area (TPSA) is 163 Å². The number of amides is 4. The van der Waals surface area contributed by atoms with Crippen molar-refractivity contribution in [2.24, 2.45) is 11.8 Å².